The Labute approximate surface area is 220 Å². The second kappa shape index (κ2) is 8.57. The van der Waals surface area contributed by atoms with E-state index in [1.807, 2.05) is 30.5 Å². The van der Waals surface area contributed by atoms with Crippen LogP contribution in [0.2, 0.25) is 0 Å². The maximum Gasteiger partial charge on any atom is 0.259 e. The highest BCUT2D eigenvalue weighted by Gasteiger charge is 2.40. The van der Waals surface area contributed by atoms with E-state index in [4.69, 9.17) is 4.42 Å². The van der Waals surface area contributed by atoms with Gasteiger partial charge < -0.3 is 14.3 Å². The van der Waals surface area contributed by atoms with Crippen LogP contribution in [-0.4, -0.2) is 27.5 Å². The Balaban J connectivity index is 0.00000280. The Morgan fingerprint density at radius 1 is 0.946 bits per heavy atom. The van der Waals surface area contributed by atoms with Gasteiger partial charge in [-0.05, 0) is 64.8 Å². The van der Waals surface area contributed by atoms with Crippen LogP contribution >= 0.6 is 12.4 Å². The number of hydrogen-bond acceptors (Lipinski definition) is 4. The van der Waals surface area contributed by atoms with Crippen molar-refractivity contribution < 1.29 is 18.4 Å². The molecule has 2 aromatic heterocycles. The van der Waals surface area contributed by atoms with Crippen molar-refractivity contribution in [1.29, 1.82) is 0 Å². The molecule has 0 unspecified atom stereocenters. The van der Waals surface area contributed by atoms with Crippen LogP contribution in [0.1, 0.15) is 57.7 Å². The van der Waals surface area contributed by atoms with Crippen LogP contribution < -0.4 is 10.6 Å². The summed E-state index contributed by atoms with van der Waals surface area (Å²) in [7, 11) is 0. The van der Waals surface area contributed by atoms with E-state index in [0.29, 0.717) is 10.9 Å². The summed E-state index contributed by atoms with van der Waals surface area (Å²) >= 11 is 0. The fourth-order valence-corrected chi connectivity index (χ4v) is 6.36. The van der Waals surface area contributed by atoms with Crippen molar-refractivity contribution in [1.82, 2.24) is 15.2 Å². The molecular formula is C29H29ClFN3O3. The first-order chi connectivity index (χ1) is 17.0. The van der Waals surface area contributed by atoms with Gasteiger partial charge in [0.25, 0.3) is 11.8 Å². The number of amides is 2. The zero-order chi connectivity index (χ0) is 25.4. The minimum absolute atomic E-state index is 0. The van der Waals surface area contributed by atoms with E-state index in [-0.39, 0.29) is 51.8 Å². The molecule has 0 spiro atoms. The van der Waals surface area contributed by atoms with Crippen molar-refractivity contribution in [2.75, 3.05) is 0 Å². The number of rotatable bonds is 3. The number of nitrogens with zero attached hydrogens (tertiary/aromatic N) is 1. The van der Waals surface area contributed by atoms with Crippen molar-refractivity contribution >= 4 is 57.2 Å². The van der Waals surface area contributed by atoms with E-state index in [9.17, 15) is 9.59 Å². The SMILES string of the molecule is CC1(C)CC(n2cc(C3=C(c4c(F)ccc5ccoc45)C(=O)NC3=O)c3ccccc32)CC(C)(C)N1.Cl. The third-order valence-corrected chi connectivity index (χ3v) is 7.32. The molecule has 8 heteroatoms. The normalized spacial score (nSPS) is 19.5. The first-order valence-corrected chi connectivity index (χ1v) is 12.2. The number of aromatic nitrogens is 1. The largest absolute Gasteiger partial charge is 0.464 e. The quantitative estimate of drug-likeness (QED) is 0.324. The van der Waals surface area contributed by atoms with E-state index in [1.54, 1.807) is 12.1 Å². The Hall–Kier alpha value is -3.42. The molecule has 1 fully saturated rings. The molecule has 0 bridgehead atoms. The summed E-state index contributed by atoms with van der Waals surface area (Å²) in [5.74, 6) is -1.77. The molecule has 192 valence electrons. The van der Waals surface area contributed by atoms with Gasteiger partial charge in [0.15, 0.2) is 0 Å². The van der Waals surface area contributed by atoms with Gasteiger partial charge in [-0.2, -0.15) is 0 Å². The minimum atomic E-state index is -0.626. The summed E-state index contributed by atoms with van der Waals surface area (Å²) in [4.78, 5) is 26.3. The van der Waals surface area contributed by atoms with Gasteiger partial charge in [-0.15, -0.1) is 12.4 Å². The fourth-order valence-electron chi connectivity index (χ4n) is 6.36. The standard InChI is InChI=1S/C29H28FN3O3.ClH/c1-28(2)13-17(14-29(3,4)32-28)33-15-19(18-7-5-6-8-21(18)33)22-24(27(35)31-26(22)34)23-20(30)10-9-16-11-12-36-25(16)23;/h5-12,15,17,32H,13-14H2,1-4H3,(H,31,34,35);1H. The van der Waals surface area contributed by atoms with E-state index in [0.717, 1.165) is 23.7 Å². The third-order valence-electron chi connectivity index (χ3n) is 7.32. The molecule has 37 heavy (non-hydrogen) atoms. The zero-order valence-electron chi connectivity index (χ0n) is 21.1. The molecule has 2 amide bonds. The van der Waals surface area contributed by atoms with Gasteiger partial charge in [0.05, 0.1) is 23.0 Å². The van der Waals surface area contributed by atoms with E-state index in [1.165, 1.54) is 12.3 Å². The van der Waals surface area contributed by atoms with Gasteiger partial charge in [-0.1, -0.05) is 18.2 Å². The van der Waals surface area contributed by atoms with Crippen molar-refractivity contribution in [2.45, 2.75) is 57.7 Å². The van der Waals surface area contributed by atoms with Crippen LogP contribution in [0.5, 0.6) is 0 Å². The van der Waals surface area contributed by atoms with E-state index >= 15 is 4.39 Å². The third kappa shape index (κ3) is 4.06. The summed E-state index contributed by atoms with van der Waals surface area (Å²) in [5, 5.41) is 7.62. The van der Waals surface area contributed by atoms with Crippen LogP contribution in [0.25, 0.3) is 33.0 Å². The van der Waals surface area contributed by atoms with Crippen molar-refractivity contribution in [3.8, 4) is 0 Å². The topological polar surface area (TPSA) is 76.3 Å². The summed E-state index contributed by atoms with van der Waals surface area (Å²) in [6, 6.07) is 12.6. The lowest BCUT2D eigenvalue weighted by Gasteiger charge is -2.47. The number of nitrogens with one attached hydrogen (secondary N) is 2. The van der Waals surface area contributed by atoms with Crippen molar-refractivity contribution in [2.24, 2.45) is 0 Å². The number of para-hydroxylation sites is 1. The molecule has 0 radical (unpaired) electrons. The lowest BCUT2D eigenvalue weighted by Crippen LogP contribution is -2.57. The fraction of sp³-hybridized carbons (Fsp3) is 0.310. The Bertz CT molecular complexity index is 1600. The molecule has 6 rings (SSSR count). The molecule has 0 aliphatic carbocycles. The highest BCUT2D eigenvalue weighted by Crippen LogP contribution is 2.43. The number of furan rings is 1. The predicted molar refractivity (Wildman–Crippen MR) is 145 cm³/mol. The van der Waals surface area contributed by atoms with Crippen molar-refractivity contribution in [3.63, 3.8) is 0 Å². The van der Waals surface area contributed by atoms with Gasteiger partial charge >= 0.3 is 0 Å². The number of piperidine rings is 1. The highest BCUT2D eigenvalue weighted by atomic mass is 35.5. The average molecular weight is 522 g/mol. The monoisotopic (exact) mass is 521 g/mol. The molecular weight excluding hydrogens is 493 g/mol. The number of halogens is 2. The maximum atomic E-state index is 15.2. The van der Waals surface area contributed by atoms with Gasteiger partial charge in [-0.3, -0.25) is 14.9 Å². The summed E-state index contributed by atoms with van der Waals surface area (Å²) in [5.41, 5.74) is 1.86. The van der Waals surface area contributed by atoms with Crippen LogP contribution in [0, 0.1) is 5.82 Å². The number of benzene rings is 2. The van der Waals surface area contributed by atoms with Gasteiger partial charge in [0.2, 0.25) is 0 Å². The minimum Gasteiger partial charge on any atom is -0.464 e. The lowest BCUT2D eigenvalue weighted by atomic mass is 9.79. The Morgan fingerprint density at radius 2 is 1.62 bits per heavy atom. The molecule has 2 aliphatic heterocycles. The number of hydrogen-bond donors (Lipinski definition) is 2. The zero-order valence-corrected chi connectivity index (χ0v) is 22.0. The first-order valence-electron chi connectivity index (χ1n) is 12.2. The molecule has 2 aromatic carbocycles. The molecule has 0 atom stereocenters. The molecule has 2 aliphatic rings. The second-order valence-electron chi connectivity index (χ2n) is 11.2. The first kappa shape index (κ1) is 25.2. The number of imide groups is 1. The molecule has 2 N–H and O–H groups in total. The van der Waals surface area contributed by atoms with Crippen molar-refractivity contribution in [3.05, 3.63) is 71.9 Å². The van der Waals surface area contributed by atoms with Crippen LogP contribution in [0.4, 0.5) is 4.39 Å². The molecule has 0 saturated carbocycles. The number of fused-ring (bicyclic) bond motifs is 2. The maximum absolute atomic E-state index is 15.2. The highest BCUT2D eigenvalue weighted by molar-refractivity contribution is 6.50. The molecule has 1 saturated heterocycles. The predicted octanol–water partition coefficient (Wildman–Crippen LogP) is 6.00. The van der Waals surface area contributed by atoms with E-state index in [2.05, 4.69) is 42.9 Å². The Kier molecular flexibility index (Phi) is 5.84. The molecule has 6 nitrogen and oxygen atoms in total. The van der Waals surface area contributed by atoms with Gasteiger partial charge in [0.1, 0.15) is 11.4 Å². The lowest BCUT2D eigenvalue weighted by molar-refractivity contribution is -0.122. The van der Waals surface area contributed by atoms with Gasteiger partial charge in [0, 0.05) is 45.2 Å². The Morgan fingerprint density at radius 3 is 2.35 bits per heavy atom. The molecule has 4 aromatic rings. The van der Waals surface area contributed by atoms with E-state index < -0.39 is 17.6 Å². The summed E-state index contributed by atoms with van der Waals surface area (Å²) in [6.07, 6.45) is 5.20. The van der Waals surface area contributed by atoms with Crippen LogP contribution in [0.3, 0.4) is 0 Å². The molecule has 4 heterocycles. The summed E-state index contributed by atoms with van der Waals surface area (Å²) in [6.45, 7) is 8.79. The average Bonchev–Trinajstić information content (AvgIpc) is 3.47. The summed E-state index contributed by atoms with van der Waals surface area (Å²) < 4.78 is 23.0. The van der Waals surface area contributed by atoms with Crippen LogP contribution in [0.15, 0.2) is 59.3 Å². The number of carbonyl (C=O) groups excluding carboxylic acids is 2. The second-order valence-corrected chi connectivity index (χ2v) is 11.2. The van der Waals surface area contributed by atoms with Crippen LogP contribution in [-0.2, 0) is 9.59 Å². The smallest absolute Gasteiger partial charge is 0.259 e. The van der Waals surface area contributed by atoms with Gasteiger partial charge in [-0.25, -0.2) is 4.39 Å². The number of carbonyl (C=O) groups is 2.